The zero-order valence-electron chi connectivity index (χ0n) is 10.00. The van der Waals surface area contributed by atoms with Gasteiger partial charge in [-0.15, -0.1) is 0 Å². The Balaban J connectivity index is 2.64. The Morgan fingerprint density at radius 3 is 2.88 bits per heavy atom. The molecule has 7 heteroatoms. The summed E-state index contributed by atoms with van der Waals surface area (Å²) in [7, 11) is 1.80. The largest absolute Gasteiger partial charge is 0.409 e. The van der Waals surface area contributed by atoms with Gasteiger partial charge in [0.05, 0.1) is 6.33 Å². The quantitative estimate of drug-likeness (QED) is 0.327. The van der Waals surface area contributed by atoms with Crippen LogP contribution in [0.3, 0.4) is 0 Å². The Morgan fingerprint density at radius 2 is 2.41 bits per heavy atom. The molecule has 1 heterocycles. The Hall–Kier alpha value is -2.05. The predicted octanol–water partition coefficient (Wildman–Crippen LogP) is 0.0187. The van der Waals surface area contributed by atoms with E-state index in [2.05, 4.69) is 10.1 Å². The molecule has 0 saturated carbocycles. The second-order valence-corrected chi connectivity index (χ2v) is 3.65. The first-order valence-electron chi connectivity index (χ1n) is 5.32. The van der Waals surface area contributed by atoms with E-state index in [9.17, 15) is 4.79 Å². The van der Waals surface area contributed by atoms with Crippen molar-refractivity contribution in [2.75, 3.05) is 13.1 Å². The Bertz CT molecular complexity index is 413. The fraction of sp³-hybridized carbons (Fsp3) is 0.500. The lowest BCUT2D eigenvalue weighted by Crippen LogP contribution is -2.34. The molecule has 17 heavy (non-hydrogen) atoms. The normalized spacial score (nSPS) is 11.5. The number of rotatable bonds is 5. The summed E-state index contributed by atoms with van der Waals surface area (Å²) in [6.07, 6.45) is 3.57. The maximum absolute atomic E-state index is 12.0. The summed E-state index contributed by atoms with van der Waals surface area (Å²) in [4.78, 5) is 17.6. The molecule has 0 bridgehead atoms. The summed E-state index contributed by atoms with van der Waals surface area (Å²) in [5.74, 6) is -0.0453. The van der Waals surface area contributed by atoms with E-state index in [0.29, 0.717) is 25.2 Å². The van der Waals surface area contributed by atoms with Crippen LogP contribution in [0.4, 0.5) is 0 Å². The summed E-state index contributed by atoms with van der Waals surface area (Å²) >= 11 is 0. The molecule has 0 spiro atoms. The van der Waals surface area contributed by atoms with Crippen LogP contribution < -0.4 is 5.73 Å². The van der Waals surface area contributed by atoms with Gasteiger partial charge in [0.25, 0.3) is 5.91 Å². The molecule has 0 fully saturated rings. The molecule has 3 N–H and O–H groups in total. The molecule has 1 rings (SSSR count). The van der Waals surface area contributed by atoms with Crippen LogP contribution in [-0.2, 0) is 7.05 Å². The molecule has 0 aromatic carbocycles. The molecule has 0 radical (unpaired) electrons. The number of nitrogens with zero attached hydrogens (tertiary/aromatic N) is 4. The highest BCUT2D eigenvalue weighted by molar-refractivity contribution is 5.92. The highest BCUT2D eigenvalue weighted by Gasteiger charge is 2.16. The van der Waals surface area contributed by atoms with Crippen LogP contribution in [0, 0.1) is 0 Å². The Kier molecular flexibility index (Phi) is 4.50. The lowest BCUT2D eigenvalue weighted by atomic mass is 10.3. The SMILES string of the molecule is CCN(CCC(N)=NO)C(=O)c1cn(C)cn1. The number of hydrogen-bond donors (Lipinski definition) is 2. The summed E-state index contributed by atoms with van der Waals surface area (Å²) in [6, 6.07) is 0. The second kappa shape index (κ2) is 5.88. The van der Waals surface area contributed by atoms with Gasteiger partial charge in [0.1, 0.15) is 11.5 Å². The van der Waals surface area contributed by atoms with Crippen molar-refractivity contribution in [3.8, 4) is 0 Å². The topological polar surface area (TPSA) is 96.7 Å². The molecule has 0 aliphatic carbocycles. The van der Waals surface area contributed by atoms with Crippen molar-refractivity contribution < 1.29 is 10.0 Å². The molecule has 7 nitrogen and oxygen atoms in total. The second-order valence-electron chi connectivity index (χ2n) is 3.65. The van der Waals surface area contributed by atoms with E-state index in [1.807, 2.05) is 6.92 Å². The van der Waals surface area contributed by atoms with Crippen molar-refractivity contribution in [1.82, 2.24) is 14.5 Å². The van der Waals surface area contributed by atoms with Crippen molar-refractivity contribution in [3.05, 3.63) is 18.2 Å². The van der Waals surface area contributed by atoms with Crippen molar-refractivity contribution in [1.29, 1.82) is 0 Å². The van der Waals surface area contributed by atoms with Crippen molar-refractivity contribution in [3.63, 3.8) is 0 Å². The Morgan fingerprint density at radius 1 is 1.71 bits per heavy atom. The molecule has 0 saturated heterocycles. The average Bonchev–Trinajstić information content (AvgIpc) is 2.76. The summed E-state index contributed by atoms with van der Waals surface area (Å²) in [6.45, 7) is 2.82. The fourth-order valence-corrected chi connectivity index (χ4v) is 1.39. The van der Waals surface area contributed by atoms with Gasteiger partial charge in [-0.25, -0.2) is 4.98 Å². The monoisotopic (exact) mass is 239 g/mol. The molecule has 94 valence electrons. The minimum absolute atomic E-state index is 0.109. The lowest BCUT2D eigenvalue weighted by molar-refractivity contribution is 0.0763. The predicted molar refractivity (Wildman–Crippen MR) is 62.8 cm³/mol. The third-order valence-electron chi connectivity index (χ3n) is 2.36. The van der Waals surface area contributed by atoms with E-state index in [1.165, 1.54) is 0 Å². The van der Waals surface area contributed by atoms with Crippen LogP contribution in [0.1, 0.15) is 23.8 Å². The number of amides is 1. The number of oxime groups is 1. The number of aryl methyl sites for hydroxylation is 1. The van der Waals surface area contributed by atoms with Crippen LogP contribution in [0.25, 0.3) is 0 Å². The Labute approximate surface area is 99.5 Å². The third kappa shape index (κ3) is 3.47. The van der Waals surface area contributed by atoms with E-state index in [1.54, 1.807) is 29.0 Å². The number of hydrogen-bond acceptors (Lipinski definition) is 4. The first-order valence-corrected chi connectivity index (χ1v) is 5.32. The van der Waals surface area contributed by atoms with Crippen LogP contribution in [-0.4, -0.2) is 44.5 Å². The van der Waals surface area contributed by atoms with Crippen molar-refractivity contribution in [2.24, 2.45) is 17.9 Å². The standard InChI is InChI=1S/C10H17N5O2/c1-3-15(5-4-9(11)13-17)10(16)8-6-14(2)7-12-8/h6-7,17H,3-5H2,1-2H3,(H2,11,13). The molecule has 0 unspecified atom stereocenters. The third-order valence-corrected chi connectivity index (χ3v) is 2.36. The summed E-state index contributed by atoms with van der Waals surface area (Å²) in [5.41, 5.74) is 5.76. The molecule has 0 aliphatic rings. The zero-order valence-corrected chi connectivity index (χ0v) is 10.00. The van der Waals surface area contributed by atoms with Gasteiger partial charge in [-0.05, 0) is 6.92 Å². The minimum atomic E-state index is -0.154. The minimum Gasteiger partial charge on any atom is -0.409 e. The van der Waals surface area contributed by atoms with Gasteiger partial charge in [0, 0.05) is 32.8 Å². The molecular formula is C10H17N5O2. The number of imidazole rings is 1. The number of carbonyl (C=O) groups is 1. The molecule has 0 atom stereocenters. The molecule has 1 aromatic heterocycles. The molecule has 1 aromatic rings. The average molecular weight is 239 g/mol. The highest BCUT2D eigenvalue weighted by Crippen LogP contribution is 2.02. The summed E-state index contributed by atoms with van der Waals surface area (Å²) < 4.78 is 1.71. The van der Waals surface area contributed by atoms with Gasteiger partial charge in [0.2, 0.25) is 0 Å². The maximum atomic E-state index is 12.0. The van der Waals surface area contributed by atoms with Gasteiger partial charge in [-0.3, -0.25) is 4.79 Å². The fourth-order valence-electron chi connectivity index (χ4n) is 1.39. The number of carbonyl (C=O) groups excluding carboxylic acids is 1. The van der Waals surface area contributed by atoms with Crippen LogP contribution in [0.2, 0.25) is 0 Å². The molecule has 0 aliphatic heterocycles. The first-order chi connectivity index (χ1) is 8.08. The van der Waals surface area contributed by atoms with Gasteiger partial charge >= 0.3 is 0 Å². The maximum Gasteiger partial charge on any atom is 0.274 e. The molecular weight excluding hydrogens is 222 g/mol. The van der Waals surface area contributed by atoms with Crippen molar-refractivity contribution >= 4 is 11.7 Å². The van der Waals surface area contributed by atoms with E-state index in [0.717, 1.165) is 0 Å². The number of aromatic nitrogens is 2. The summed E-state index contributed by atoms with van der Waals surface area (Å²) in [5, 5.41) is 11.3. The number of amidine groups is 1. The van der Waals surface area contributed by atoms with Gasteiger partial charge in [-0.1, -0.05) is 5.16 Å². The van der Waals surface area contributed by atoms with Crippen LogP contribution in [0.5, 0.6) is 0 Å². The van der Waals surface area contributed by atoms with E-state index < -0.39 is 0 Å². The molecule has 1 amide bonds. The van der Waals surface area contributed by atoms with Crippen molar-refractivity contribution in [2.45, 2.75) is 13.3 Å². The smallest absolute Gasteiger partial charge is 0.274 e. The van der Waals surface area contributed by atoms with Gasteiger partial charge < -0.3 is 20.4 Å². The van der Waals surface area contributed by atoms with Gasteiger partial charge in [-0.2, -0.15) is 0 Å². The van der Waals surface area contributed by atoms with Crippen LogP contribution >= 0.6 is 0 Å². The number of nitrogens with two attached hydrogens (primary N) is 1. The lowest BCUT2D eigenvalue weighted by Gasteiger charge is -2.19. The van der Waals surface area contributed by atoms with E-state index in [-0.39, 0.29) is 11.7 Å². The first kappa shape index (κ1) is 13.0. The van der Waals surface area contributed by atoms with E-state index in [4.69, 9.17) is 10.9 Å². The zero-order chi connectivity index (χ0) is 12.8. The van der Waals surface area contributed by atoms with Crippen LogP contribution in [0.15, 0.2) is 17.7 Å². The van der Waals surface area contributed by atoms with E-state index >= 15 is 0 Å². The highest BCUT2D eigenvalue weighted by atomic mass is 16.4. The van der Waals surface area contributed by atoms with Gasteiger partial charge in [0.15, 0.2) is 0 Å².